The summed E-state index contributed by atoms with van der Waals surface area (Å²) >= 11 is -1.79. The first kappa shape index (κ1) is 18.0. The van der Waals surface area contributed by atoms with Crippen molar-refractivity contribution in [3.63, 3.8) is 0 Å². The Balaban J connectivity index is 1.94. The molecule has 0 saturated carbocycles. The molecule has 25 heavy (non-hydrogen) atoms. The average Bonchev–Trinajstić information content (AvgIpc) is 2.63. The average molecular weight is 472 g/mol. The summed E-state index contributed by atoms with van der Waals surface area (Å²) in [6, 6.07) is 14.9. The molecule has 1 aliphatic heterocycles. The van der Waals surface area contributed by atoms with E-state index in [1.807, 2.05) is 18.2 Å². The van der Waals surface area contributed by atoms with Gasteiger partial charge in [-0.25, -0.2) is 0 Å². The van der Waals surface area contributed by atoms with Gasteiger partial charge in [-0.1, -0.05) is 0 Å². The quantitative estimate of drug-likeness (QED) is 0.288. The molecule has 0 radical (unpaired) electrons. The van der Waals surface area contributed by atoms with Gasteiger partial charge < -0.3 is 0 Å². The zero-order valence-electron chi connectivity index (χ0n) is 13.3. The van der Waals surface area contributed by atoms with E-state index in [0.717, 1.165) is 21.0 Å². The van der Waals surface area contributed by atoms with E-state index in [2.05, 4.69) is 16.5 Å². The third kappa shape index (κ3) is 4.24. The van der Waals surface area contributed by atoms with Gasteiger partial charge in [-0.2, -0.15) is 0 Å². The molecule has 2 aromatic rings. The van der Waals surface area contributed by atoms with Crippen molar-refractivity contribution in [3.05, 3.63) is 68.3 Å². The summed E-state index contributed by atoms with van der Waals surface area (Å²) in [6.07, 6.45) is 2.78. The fourth-order valence-corrected chi connectivity index (χ4v) is 10.6. The van der Waals surface area contributed by atoms with Crippen molar-refractivity contribution < 1.29 is 13.3 Å². The van der Waals surface area contributed by atoms with Gasteiger partial charge in [-0.15, -0.1) is 0 Å². The number of sulfonamides is 1. The van der Waals surface area contributed by atoms with E-state index in [1.54, 1.807) is 0 Å². The standard InChI is InChI=1S/C17H17IN2O4S/c21-20(22)15-9-11-16(12-10-15)25(23,24)19-17-8-4-5-13-18(17)14-6-2-1-3-7-14/h1-3,6-7,9-12H,4-5,8,13H2. The summed E-state index contributed by atoms with van der Waals surface area (Å²) in [7, 11) is -3.84. The summed E-state index contributed by atoms with van der Waals surface area (Å²) in [5.41, 5.74) is -0.137. The van der Waals surface area contributed by atoms with Crippen LogP contribution in [0.15, 0.2) is 63.9 Å². The second kappa shape index (κ2) is 7.61. The SMILES string of the molecule is O=[N+]([O-])c1ccc(S(=O)(=O)N=C2CCCCI2c2ccccc2)cc1. The molecule has 0 aliphatic carbocycles. The van der Waals surface area contributed by atoms with Crippen molar-refractivity contribution in [2.45, 2.75) is 24.2 Å². The van der Waals surface area contributed by atoms with E-state index < -0.39 is 34.8 Å². The molecule has 0 bridgehead atoms. The molecule has 1 fully saturated rings. The maximum absolute atomic E-state index is 12.6. The molecule has 2 aromatic carbocycles. The van der Waals surface area contributed by atoms with Crippen LogP contribution in [-0.2, 0) is 10.0 Å². The van der Waals surface area contributed by atoms with Gasteiger partial charge in [0.2, 0.25) is 0 Å². The van der Waals surface area contributed by atoms with E-state index in [1.165, 1.54) is 27.8 Å². The van der Waals surface area contributed by atoms with E-state index >= 15 is 0 Å². The molecule has 0 atom stereocenters. The van der Waals surface area contributed by atoms with Crippen molar-refractivity contribution in [2.24, 2.45) is 4.40 Å². The minimum atomic E-state index is -3.84. The van der Waals surface area contributed by atoms with Crippen LogP contribution in [0.3, 0.4) is 0 Å². The molecule has 132 valence electrons. The van der Waals surface area contributed by atoms with Gasteiger partial charge >= 0.3 is 154 Å². The molecule has 0 N–H and O–H groups in total. The zero-order valence-corrected chi connectivity index (χ0v) is 16.3. The van der Waals surface area contributed by atoms with Crippen LogP contribution < -0.4 is 0 Å². The second-order valence-corrected chi connectivity index (χ2v) is 12.7. The Morgan fingerprint density at radius 1 is 1.00 bits per heavy atom. The number of alkyl halides is 1. The van der Waals surface area contributed by atoms with Gasteiger partial charge in [0.05, 0.1) is 0 Å². The van der Waals surface area contributed by atoms with Crippen LogP contribution in [0, 0.1) is 13.7 Å². The van der Waals surface area contributed by atoms with Crippen molar-refractivity contribution in [1.29, 1.82) is 0 Å². The predicted molar refractivity (Wildman–Crippen MR) is 106 cm³/mol. The van der Waals surface area contributed by atoms with Crippen LogP contribution in [0.2, 0.25) is 0 Å². The van der Waals surface area contributed by atoms with Crippen LogP contribution in [0.4, 0.5) is 5.69 Å². The molecule has 3 rings (SSSR count). The van der Waals surface area contributed by atoms with E-state index in [9.17, 15) is 18.5 Å². The van der Waals surface area contributed by atoms with Crippen molar-refractivity contribution in [1.82, 2.24) is 0 Å². The Morgan fingerprint density at radius 2 is 1.68 bits per heavy atom. The van der Waals surface area contributed by atoms with Gasteiger partial charge in [0.25, 0.3) is 0 Å². The molecule has 0 aromatic heterocycles. The topological polar surface area (TPSA) is 89.6 Å². The minimum absolute atomic E-state index is 0.0000529. The van der Waals surface area contributed by atoms with Crippen LogP contribution in [-0.4, -0.2) is 21.5 Å². The Labute approximate surface area is 153 Å². The second-order valence-electron chi connectivity index (χ2n) is 5.50. The molecule has 1 heterocycles. The molecule has 0 amide bonds. The summed E-state index contributed by atoms with van der Waals surface area (Å²) in [6.45, 7) is 0. The summed E-state index contributed by atoms with van der Waals surface area (Å²) in [4.78, 5) is 10.2. The Bertz CT molecular complexity index is 896. The van der Waals surface area contributed by atoms with E-state index in [4.69, 9.17) is 0 Å². The maximum atomic E-state index is 12.6. The predicted octanol–water partition coefficient (Wildman–Crippen LogP) is 4.24. The zero-order chi connectivity index (χ0) is 17.9. The molecule has 6 nitrogen and oxygen atoms in total. The van der Waals surface area contributed by atoms with Crippen LogP contribution in [0.5, 0.6) is 0 Å². The Kier molecular flexibility index (Phi) is 5.48. The molecule has 0 unspecified atom stereocenters. The molecule has 8 heteroatoms. The summed E-state index contributed by atoms with van der Waals surface area (Å²) < 4.78 is 32.5. The first-order valence-electron chi connectivity index (χ1n) is 7.76. The third-order valence-electron chi connectivity index (χ3n) is 3.78. The van der Waals surface area contributed by atoms with E-state index in [0.29, 0.717) is 6.42 Å². The van der Waals surface area contributed by atoms with Crippen LogP contribution in [0.25, 0.3) is 0 Å². The number of rotatable bonds is 4. The van der Waals surface area contributed by atoms with Crippen molar-refractivity contribution in [3.8, 4) is 0 Å². The number of benzene rings is 2. The van der Waals surface area contributed by atoms with Gasteiger partial charge in [-0.3, -0.25) is 0 Å². The number of nitro groups is 1. The van der Waals surface area contributed by atoms with Gasteiger partial charge in [0.15, 0.2) is 0 Å². The molecule has 1 saturated heterocycles. The van der Waals surface area contributed by atoms with Crippen LogP contribution >= 0.6 is 19.8 Å². The molecule has 1 aliphatic rings. The number of nitrogens with zero attached hydrogens (tertiary/aromatic N) is 2. The van der Waals surface area contributed by atoms with Crippen molar-refractivity contribution >= 4 is 39.2 Å². The van der Waals surface area contributed by atoms with Gasteiger partial charge in [-0.05, 0) is 0 Å². The number of halogens is 1. The number of non-ortho nitro benzene ring substituents is 1. The monoisotopic (exact) mass is 472 g/mol. The molecular weight excluding hydrogens is 455 g/mol. The fraction of sp³-hybridized carbons (Fsp3) is 0.235. The normalized spacial score (nSPS) is 18.2. The van der Waals surface area contributed by atoms with Crippen LogP contribution in [0.1, 0.15) is 19.3 Å². The first-order valence-corrected chi connectivity index (χ1v) is 12.9. The third-order valence-corrected chi connectivity index (χ3v) is 11.8. The Hall–Kier alpha value is -1.81. The Morgan fingerprint density at radius 3 is 2.32 bits per heavy atom. The summed E-state index contributed by atoms with van der Waals surface area (Å²) in [5.74, 6) is 0. The number of hydrogen-bond donors (Lipinski definition) is 0. The van der Waals surface area contributed by atoms with Crippen molar-refractivity contribution in [2.75, 3.05) is 4.43 Å². The molecule has 0 spiro atoms. The summed E-state index contributed by atoms with van der Waals surface area (Å²) in [5, 5.41) is 10.7. The number of hydrogen-bond acceptors (Lipinski definition) is 4. The first-order chi connectivity index (χ1) is 12.0. The van der Waals surface area contributed by atoms with Gasteiger partial charge in [0, 0.05) is 0 Å². The number of nitro benzene ring substituents is 1. The van der Waals surface area contributed by atoms with E-state index in [-0.39, 0.29) is 10.6 Å². The molecular formula is C17H17IN2O4S. The fourth-order valence-electron chi connectivity index (χ4n) is 2.53. The van der Waals surface area contributed by atoms with Gasteiger partial charge in [0.1, 0.15) is 0 Å².